The van der Waals surface area contributed by atoms with Gasteiger partial charge in [-0.05, 0) is 37.4 Å². The van der Waals surface area contributed by atoms with Crippen molar-refractivity contribution in [1.82, 2.24) is 20.4 Å². The summed E-state index contributed by atoms with van der Waals surface area (Å²) >= 11 is 0. The van der Waals surface area contributed by atoms with E-state index in [1.807, 2.05) is 30.3 Å². The summed E-state index contributed by atoms with van der Waals surface area (Å²) in [5, 5.41) is 6.72. The highest BCUT2D eigenvalue weighted by Crippen LogP contribution is 2.19. The van der Waals surface area contributed by atoms with E-state index in [0.717, 1.165) is 5.56 Å². The van der Waals surface area contributed by atoms with Crippen molar-refractivity contribution in [2.45, 2.75) is 19.0 Å². The second-order valence-electron chi connectivity index (χ2n) is 6.40. The van der Waals surface area contributed by atoms with Crippen molar-refractivity contribution in [2.24, 2.45) is 0 Å². The van der Waals surface area contributed by atoms with Gasteiger partial charge in [-0.3, -0.25) is 9.69 Å². The molecule has 7 heteroatoms. The third-order valence-corrected chi connectivity index (χ3v) is 4.08. The maximum Gasteiger partial charge on any atom is 0.242 e. The molecule has 2 aromatic carbocycles. The summed E-state index contributed by atoms with van der Waals surface area (Å²) in [6.45, 7) is 0.155. The van der Waals surface area contributed by atoms with E-state index in [1.165, 1.54) is 12.1 Å². The van der Waals surface area contributed by atoms with Crippen LogP contribution in [-0.2, 0) is 17.8 Å². The molecular formula is C20H21FN4O2. The van der Waals surface area contributed by atoms with Gasteiger partial charge in [-0.15, -0.1) is 0 Å². The van der Waals surface area contributed by atoms with Crippen LogP contribution in [0.4, 0.5) is 4.39 Å². The van der Waals surface area contributed by atoms with Gasteiger partial charge in [0.15, 0.2) is 5.82 Å². The number of hydrogen-bond acceptors (Lipinski definition) is 5. The third kappa shape index (κ3) is 4.98. The fourth-order valence-electron chi connectivity index (χ4n) is 2.80. The first kappa shape index (κ1) is 18.7. The van der Waals surface area contributed by atoms with Crippen LogP contribution in [0.2, 0.25) is 0 Å². The summed E-state index contributed by atoms with van der Waals surface area (Å²) in [5.74, 6) is 0.342. The van der Waals surface area contributed by atoms with Gasteiger partial charge in [0, 0.05) is 0 Å². The monoisotopic (exact) mass is 368 g/mol. The number of carbonyl (C=O) groups excluding carboxylic acids is 1. The van der Waals surface area contributed by atoms with E-state index in [0.29, 0.717) is 23.7 Å². The van der Waals surface area contributed by atoms with Crippen LogP contribution in [0.15, 0.2) is 59.1 Å². The van der Waals surface area contributed by atoms with Crippen LogP contribution in [0.3, 0.4) is 0 Å². The number of aromatic nitrogens is 2. The molecule has 1 heterocycles. The Hall–Kier alpha value is -3.06. The zero-order valence-corrected chi connectivity index (χ0v) is 15.2. The Morgan fingerprint density at radius 2 is 1.85 bits per heavy atom. The molecule has 0 spiro atoms. The van der Waals surface area contributed by atoms with Crippen molar-refractivity contribution in [2.75, 3.05) is 14.1 Å². The average molecular weight is 368 g/mol. The van der Waals surface area contributed by atoms with E-state index in [1.54, 1.807) is 31.1 Å². The summed E-state index contributed by atoms with van der Waals surface area (Å²) in [6, 6.07) is 15.2. The largest absolute Gasteiger partial charge is 0.347 e. The summed E-state index contributed by atoms with van der Waals surface area (Å²) < 4.78 is 18.4. The third-order valence-electron chi connectivity index (χ3n) is 4.08. The molecular weight excluding hydrogens is 347 g/mol. The van der Waals surface area contributed by atoms with Crippen LogP contribution in [-0.4, -0.2) is 35.0 Å². The number of carbonyl (C=O) groups is 1. The Kier molecular flexibility index (Phi) is 5.93. The minimum atomic E-state index is -0.540. The number of nitrogens with zero attached hydrogens (tertiary/aromatic N) is 3. The molecule has 0 bridgehead atoms. The molecule has 27 heavy (non-hydrogen) atoms. The van der Waals surface area contributed by atoms with Crippen LogP contribution in [0.25, 0.3) is 0 Å². The average Bonchev–Trinajstić information content (AvgIpc) is 3.10. The summed E-state index contributed by atoms with van der Waals surface area (Å²) in [4.78, 5) is 18.7. The minimum absolute atomic E-state index is 0.155. The van der Waals surface area contributed by atoms with Gasteiger partial charge in [-0.2, -0.15) is 4.98 Å². The van der Waals surface area contributed by atoms with Crippen LogP contribution in [0, 0.1) is 5.82 Å². The molecule has 0 radical (unpaired) electrons. The number of benzene rings is 2. The molecule has 1 atom stereocenters. The van der Waals surface area contributed by atoms with E-state index < -0.39 is 6.04 Å². The maximum absolute atomic E-state index is 13.1. The SMILES string of the molecule is CN(C)[C@H](C(=O)NCc1noc(Cc2ccccc2)n1)c1ccc(F)cc1. The molecule has 140 valence electrons. The first-order valence-corrected chi connectivity index (χ1v) is 8.58. The molecule has 0 saturated heterocycles. The zero-order chi connectivity index (χ0) is 19.2. The molecule has 3 rings (SSSR count). The van der Waals surface area contributed by atoms with Crippen LogP contribution < -0.4 is 5.32 Å². The molecule has 1 aromatic heterocycles. The highest BCUT2D eigenvalue weighted by molar-refractivity contribution is 5.83. The van der Waals surface area contributed by atoms with Gasteiger partial charge < -0.3 is 9.84 Å². The topological polar surface area (TPSA) is 71.3 Å². The molecule has 0 aliphatic carbocycles. The minimum Gasteiger partial charge on any atom is -0.347 e. The first-order chi connectivity index (χ1) is 13.0. The Morgan fingerprint density at radius 3 is 2.52 bits per heavy atom. The van der Waals surface area contributed by atoms with Crippen molar-refractivity contribution in [3.8, 4) is 0 Å². The Balaban J connectivity index is 1.61. The van der Waals surface area contributed by atoms with E-state index in [-0.39, 0.29) is 18.3 Å². The molecule has 0 saturated carbocycles. The fraction of sp³-hybridized carbons (Fsp3) is 0.250. The molecule has 1 N–H and O–H groups in total. The Bertz CT molecular complexity index is 879. The second kappa shape index (κ2) is 8.55. The second-order valence-corrected chi connectivity index (χ2v) is 6.40. The number of halogens is 1. The maximum atomic E-state index is 13.1. The smallest absolute Gasteiger partial charge is 0.242 e. The van der Waals surface area contributed by atoms with Crippen LogP contribution in [0.1, 0.15) is 28.9 Å². The van der Waals surface area contributed by atoms with Crippen molar-refractivity contribution < 1.29 is 13.7 Å². The lowest BCUT2D eigenvalue weighted by Crippen LogP contribution is -2.36. The number of nitrogens with one attached hydrogen (secondary N) is 1. The van der Waals surface area contributed by atoms with Crippen molar-refractivity contribution in [3.05, 3.63) is 83.3 Å². The quantitative estimate of drug-likeness (QED) is 0.694. The highest BCUT2D eigenvalue weighted by Gasteiger charge is 2.23. The lowest BCUT2D eigenvalue weighted by molar-refractivity contribution is -0.126. The van der Waals surface area contributed by atoms with Crippen molar-refractivity contribution in [1.29, 1.82) is 0 Å². The Labute approximate surface area is 157 Å². The van der Waals surface area contributed by atoms with Gasteiger partial charge in [0.2, 0.25) is 11.8 Å². The van der Waals surface area contributed by atoms with Gasteiger partial charge in [0.1, 0.15) is 11.9 Å². The predicted octanol–water partition coefficient (Wildman–Crippen LogP) is 2.72. The molecule has 0 aliphatic heterocycles. The van der Waals surface area contributed by atoms with Crippen molar-refractivity contribution >= 4 is 5.91 Å². The predicted molar refractivity (Wildman–Crippen MR) is 98.2 cm³/mol. The lowest BCUT2D eigenvalue weighted by atomic mass is 10.1. The van der Waals surface area contributed by atoms with Gasteiger partial charge in [0.05, 0.1) is 13.0 Å². The summed E-state index contributed by atoms with van der Waals surface area (Å²) in [5.41, 5.74) is 1.78. The standard InChI is InChI=1S/C20H21FN4O2/c1-25(2)19(15-8-10-16(21)11-9-15)20(26)22-13-17-23-18(27-24-17)12-14-6-4-3-5-7-14/h3-11,19H,12-13H2,1-2H3,(H,22,26)/t19-/m0/s1. The first-order valence-electron chi connectivity index (χ1n) is 8.58. The number of amides is 1. The van der Waals surface area contributed by atoms with Crippen LogP contribution in [0.5, 0.6) is 0 Å². The van der Waals surface area contributed by atoms with Crippen LogP contribution >= 0.6 is 0 Å². The van der Waals surface area contributed by atoms with Gasteiger partial charge in [-0.1, -0.05) is 47.6 Å². The summed E-state index contributed by atoms with van der Waals surface area (Å²) in [7, 11) is 3.58. The zero-order valence-electron chi connectivity index (χ0n) is 15.2. The molecule has 3 aromatic rings. The Morgan fingerprint density at radius 1 is 1.15 bits per heavy atom. The van der Waals surface area contributed by atoms with E-state index in [2.05, 4.69) is 15.5 Å². The number of rotatable bonds is 7. The number of hydrogen-bond donors (Lipinski definition) is 1. The molecule has 1 amide bonds. The van der Waals surface area contributed by atoms with E-state index in [4.69, 9.17) is 4.52 Å². The van der Waals surface area contributed by atoms with Gasteiger partial charge in [0.25, 0.3) is 0 Å². The van der Waals surface area contributed by atoms with E-state index in [9.17, 15) is 9.18 Å². The fourth-order valence-corrected chi connectivity index (χ4v) is 2.80. The molecule has 0 unspecified atom stereocenters. The van der Waals surface area contributed by atoms with Crippen molar-refractivity contribution in [3.63, 3.8) is 0 Å². The van der Waals surface area contributed by atoms with Gasteiger partial charge >= 0.3 is 0 Å². The lowest BCUT2D eigenvalue weighted by Gasteiger charge is -2.23. The number of likely N-dealkylation sites (N-methyl/N-ethyl adjacent to an activating group) is 1. The molecule has 0 aliphatic rings. The highest BCUT2D eigenvalue weighted by atomic mass is 19.1. The van der Waals surface area contributed by atoms with E-state index >= 15 is 0 Å². The molecule has 0 fully saturated rings. The summed E-state index contributed by atoms with van der Waals surface area (Å²) in [6.07, 6.45) is 0.539. The molecule has 6 nitrogen and oxygen atoms in total. The normalized spacial score (nSPS) is 12.1. The van der Waals surface area contributed by atoms with Gasteiger partial charge in [-0.25, -0.2) is 4.39 Å².